The van der Waals surface area contributed by atoms with Gasteiger partial charge in [-0.05, 0) is 23.8 Å². The quantitative estimate of drug-likeness (QED) is 0.734. The van der Waals surface area contributed by atoms with Crippen LogP contribution < -0.4 is 15.3 Å². The summed E-state index contributed by atoms with van der Waals surface area (Å²) in [7, 11) is 4.01. The molecule has 0 spiro atoms. The van der Waals surface area contributed by atoms with Crippen molar-refractivity contribution in [3.8, 4) is 0 Å². The van der Waals surface area contributed by atoms with Gasteiger partial charge in [0.1, 0.15) is 6.04 Å². The molecule has 0 saturated heterocycles. The minimum atomic E-state index is -1.01. The van der Waals surface area contributed by atoms with Gasteiger partial charge in [-0.1, -0.05) is 30.3 Å². The van der Waals surface area contributed by atoms with Crippen molar-refractivity contribution in [3.05, 3.63) is 65.4 Å². The van der Waals surface area contributed by atoms with Crippen LogP contribution in [0.1, 0.15) is 22.9 Å². The predicted octanol–water partition coefficient (Wildman–Crippen LogP) is 0.561. The Balaban J connectivity index is 1.83. The standard InChI is InChI=1S/C20H21N3O2/c1-23(2)13-9-7-12(8-10-13)18-19-15(11-17(22-18)20(24)25)14-5-3-4-6-16(14)21-19/h3-10,17-18,21-22H,11H2,1-2H3,(H,24,25)/t17-,18-/m0/s1. The molecule has 0 bridgehead atoms. The Labute approximate surface area is 146 Å². The highest BCUT2D eigenvalue weighted by atomic mass is 16.4. The van der Waals surface area contributed by atoms with Gasteiger partial charge in [0.25, 0.3) is 0 Å². The number of rotatable bonds is 3. The molecule has 4 rings (SSSR count). The highest BCUT2D eigenvalue weighted by Crippen LogP contribution is 2.32. The molecule has 1 aromatic heterocycles. The number of carboxylic acids is 1. The van der Waals surface area contributed by atoms with Gasteiger partial charge in [0.2, 0.25) is 0 Å². The number of anilines is 1. The Morgan fingerprint density at radius 1 is 1.16 bits per heavy atom. The molecular formula is C20H21N3O2. The van der Waals surface area contributed by atoms with Crippen LogP contribution in [0.3, 0.4) is 0 Å². The molecule has 5 nitrogen and oxygen atoms in total. The zero-order chi connectivity index (χ0) is 17.6. The molecule has 25 heavy (non-hydrogen) atoms. The summed E-state index contributed by atoms with van der Waals surface area (Å²) in [6.45, 7) is 0. The van der Waals surface area contributed by atoms with Crippen LogP contribution in [0.15, 0.2) is 48.5 Å². The maximum absolute atomic E-state index is 11.6. The van der Waals surface area contributed by atoms with E-state index < -0.39 is 12.0 Å². The molecule has 0 radical (unpaired) electrons. The molecule has 128 valence electrons. The molecular weight excluding hydrogens is 314 g/mol. The van der Waals surface area contributed by atoms with Gasteiger partial charge in [-0.3, -0.25) is 0 Å². The van der Waals surface area contributed by atoms with Gasteiger partial charge < -0.3 is 25.1 Å². The fourth-order valence-electron chi connectivity index (χ4n) is 3.74. The Kier molecular flexibility index (Phi) is 3.73. The number of carbonyl (C=O) groups excluding carboxylic acids is 1. The normalized spacial score (nSPS) is 19.6. The lowest BCUT2D eigenvalue weighted by molar-refractivity contribution is -0.717. The zero-order valence-corrected chi connectivity index (χ0v) is 14.3. The number of carboxylic acid groups (broad SMARTS) is 1. The third-order valence-corrected chi connectivity index (χ3v) is 5.08. The summed E-state index contributed by atoms with van der Waals surface area (Å²) in [5.74, 6) is -1.01. The summed E-state index contributed by atoms with van der Waals surface area (Å²) in [5.41, 5.74) is 5.44. The lowest BCUT2D eigenvalue weighted by Gasteiger charge is -2.29. The van der Waals surface area contributed by atoms with E-state index in [1.165, 1.54) is 0 Å². The van der Waals surface area contributed by atoms with Crippen molar-refractivity contribution < 1.29 is 15.2 Å². The number of nitrogens with zero attached hydrogens (tertiary/aromatic N) is 1. The molecule has 0 saturated carbocycles. The molecule has 5 heteroatoms. The summed E-state index contributed by atoms with van der Waals surface area (Å²) < 4.78 is 0. The van der Waals surface area contributed by atoms with Crippen LogP contribution in [0, 0.1) is 0 Å². The average Bonchev–Trinajstić information content (AvgIpc) is 2.99. The predicted molar refractivity (Wildman–Crippen MR) is 95.3 cm³/mol. The minimum Gasteiger partial charge on any atom is -0.544 e. The molecule has 0 fully saturated rings. The molecule has 3 N–H and O–H groups in total. The van der Waals surface area contributed by atoms with E-state index in [1.807, 2.05) is 42.5 Å². The molecule has 1 aliphatic heterocycles. The first-order chi connectivity index (χ1) is 12.0. The molecule has 0 amide bonds. The number of hydrogen-bond acceptors (Lipinski definition) is 3. The number of hydrogen-bond donors (Lipinski definition) is 2. The maximum Gasteiger partial charge on any atom is 0.153 e. The lowest BCUT2D eigenvalue weighted by atomic mass is 9.90. The number of fused-ring (bicyclic) bond motifs is 3. The molecule has 2 aromatic carbocycles. The van der Waals surface area contributed by atoms with Crippen LogP contribution in [-0.2, 0) is 11.2 Å². The van der Waals surface area contributed by atoms with E-state index in [9.17, 15) is 9.90 Å². The second kappa shape index (κ2) is 5.93. The van der Waals surface area contributed by atoms with Crippen LogP contribution in [0.5, 0.6) is 0 Å². The zero-order valence-electron chi connectivity index (χ0n) is 14.3. The number of nitrogens with two attached hydrogens (primary N) is 1. The summed E-state index contributed by atoms with van der Waals surface area (Å²) >= 11 is 0. The van der Waals surface area contributed by atoms with Crippen LogP contribution in [0.25, 0.3) is 10.9 Å². The lowest BCUT2D eigenvalue weighted by Crippen LogP contribution is -2.95. The fourth-order valence-corrected chi connectivity index (χ4v) is 3.74. The van der Waals surface area contributed by atoms with E-state index >= 15 is 0 Å². The first kappa shape index (κ1) is 15.7. The van der Waals surface area contributed by atoms with Crippen molar-refractivity contribution in [1.82, 2.24) is 4.98 Å². The van der Waals surface area contributed by atoms with Crippen LogP contribution in [-0.4, -0.2) is 31.1 Å². The Bertz CT molecular complexity index is 928. The van der Waals surface area contributed by atoms with E-state index in [0.29, 0.717) is 6.42 Å². The number of aromatic nitrogens is 1. The SMILES string of the molecule is CN(C)c1ccc([C@@H]2[NH2+][C@H](C(=O)[O-])Cc3c2[nH]c2ccccc32)cc1. The first-order valence-electron chi connectivity index (χ1n) is 8.47. The van der Waals surface area contributed by atoms with E-state index in [2.05, 4.69) is 35.3 Å². The van der Waals surface area contributed by atoms with Gasteiger partial charge in [0.05, 0.1) is 11.7 Å². The van der Waals surface area contributed by atoms with Gasteiger partial charge >= 0.3 is 0 Å². The van der Waals surface area contributed by atoms with E-state index in [0.717, 1.165) is 33.4 Å². The highest BCUT2D eigenvalue weighted by Gasteiger charge is 2.34. The third-order valence-electron chi connectivity index (χ3n) is 5.08. The second-order valence-corrected chi connectivity index (χ2v) is 6.85. The van der Waals surface area contributed by atoms with Crippen molar-refractivity contribution in [2.24, 2.45) is 0 Å². The van der Waals surface area contributed by atoms with Crippen molar-refractivity contribution in [2.75, 3.05) is 19.0 Å². The largest absolute Gasteiger partial charge is 0.544 e. The number of aliphatic carboxylic acids is 1. The Hall–Kier alpha value is -2.79. The monoisotopic (exact) mass is 335 g/mol. The maximum atomic E-state index is 11.6. The number of para-hydroxylation sites is 1. The van der Waals surface area contributed by atoms with Crippen LogP contribution in [0.2, 0.25) is 0 Å². The number of H-pyrrole nitrogens is 1. The topological polar surface area (TPSA) is 75.8 Å². The van der Waals surface area contributed by atoms with E-state index in [-0.39, 0.29) is 6.04 Å². The Morgan fingerprint density at radius 3 is 2.56 bits per heavy atom. The van der Waals surface area contributed by atoms with Gasteiger partial charge in [-0.25, -0.2) is 0 Å². The molecule has 1 aliphatic rings. The van der Waals surface area contributed by atoms with Gasteiger partial charge in [-0.2, -0.15) is 0 Å². The number of nitrogens with one attached hydrogen (secondary N) is 1. The van der Waals surface area contributed by atoms with E-state index in [1.54, 1.807) is 0 Å². The third kappa shape index (κ3) is 2.66. The molecule has 2 heterocycles. The van der Waals surface area contributed by atoms with Crippen molar-refractivity contribution in [3.63, 3.8) is 0 Å². The van der Waals surface area contributed by atoms with Crippen LogP contribution in [0.4, 0.5) is 5.69 Å². The summed E-state index contributed by atoms with van der Waals surface area (Å²) in [5, 5.41) is 14.6. The minimum absolute atomic E-state index is 0.0738. The highest BCUT2D eigenvalue weighted by molar-refractivity contribution is 5.86. The smallest absolute Gasteiger partial charge is 0.153 e. The summed E-state index contributed by atoms with van der Waals surface area (Å²) in [4.78, 5) is 17.1. The summed E-state index contributed by atoms with van der Waals surface area (Å²) in [6.07, 6.45) is 0.480. The molecule has 2 atom stereocenters. The van der Waals surface area contributed by atoms with Crippen molar-refractivity contribution in [2.45, 2.75) is 18.5 Å². The number of carbonyl (C=O) groups is 1. The summed E-state index contributed by atoms with van der Waals surface area (Å²) in [6, 6.07) is 15.7. The van der Waals surface area contributed by atoms with E-state index in [4.69, 9.17) is 0 Å². The average molecular weight is 335 g/mol. The molecule has 3 aromatic rings. The van der Waals surface area contributed by atoms with Crippen LogP contribution >= 0.6 is 0 Å². The fraction of sp³-hybridized carbons (Fsp3) is 0.250. The first-order valence-corrected chi connectivity index (χ1v) is 8.47. The van der Waals surface area contributed by atoms with Gasteiger partial charge in [0.15, 0.2) is 6.04 Å². The Morgan fingerprint density at radius 2 is 1.88 bits per heavy atom. The molecule has 0 aliphatic carbocycles. The number of quaternary nitrogens is 1. The molecule has 0 unspecified atom stereocenters. The number of aromatic amines is 1. The van der Waals surface area contributed by atoms with Crippen molar-refractivity contribution >= 4 is 22.6 Å². The number of benzene rings is 2. The van der Waals surface area contributed by atoms with Gasteiger partial charge in [-0.15, -0.1) is 0 Å². The van der Waals surface area contributed by atoms with Crippen molar-refractivity contribution in [1.29, 1.82) is 0 Å². The second-order valence-electron chi connectivity index (χ2n) is 6.85. The van der Waals surface area contributed by atoms with Gasteiger partial charge in [0, 0.05) is 42.7 Å².